The molecule has 26 heavy (non-hydrogen) atoms. The Balaban J connectivity index is 0.000000814. The molecule has 124 valence electrons. The van der Waals surface area contributed by atoms with Gasteiger partial charge in [-0.3, -0.25) is 0 Å². The van der Waals surface area contributed by atoms with Gasteiger partial charge in [0.15, 0.2) is 0 Å². The molecule has 4 nitrogen and oxygen atoms in total. The Hall–Kier alpha value is -3.84. The average Bonchev–Trinajstić information content (AvgIpc) is 3.42. The van der Waals surface area contributed by atoms with Gasteiger partial charge in [-0.1, -0.05) is 0 Å². The lowest BCUT2D eigenvalue weighted by Crippen LogP contribution is -1.75. The summed E-state index contributed by atoms with van der Waals surface area (Å²) < 4.78 is 0. The molecule has 2 N–H and O–H groups in total. The van der Waals surface area contributed by atoms with Gasteiger partial charge in [0.05, 0.1) is 22.8 Å². The zero-order valence-corrected chi connectivity index (χ0v) is 14.0. The van der Waals surface area contributed by atoms with Crippen LogP contribution in [-0.4, -0.2) is 19.9 Å². The van der Waals surface area contributed by atoms with Crippen LogP contribution < -0.4 is 0 Å². The summed E-state index contributed by atoms with van der Waals surface area (Å²) in [5.41, 5.74) is 7.86. The fraction of sp³-hybridized carbons (Fsp3) is 0. The molecule has 0 saturated heterocycles. The van der Waals surface area contributed by atoms with Crippen molar-refractivity contribution in [2.75, 3.05) is 0 Å². The summed E-state index contributed by atoms with van der Waals surface area (Å²) >= 11 is 0. The number of hydrogen-bond donors (Lipinski definition) is 2. The van der Waals surface area contributed by atoms with Crippen LogP contribution >= 0.6 is 0 Å². The third-order valence-electron chi connectivity index (χ3n) is 4.04. The number of terminal acetylenes is 1. The fourth-order valence-electron chi connectivity index (χ4n) is 2.94. The summed E-state index contributed by atoms with van der Waals surface area (Å²) in [6, 6.07) is 16.4. The lowest BCUT2D eigenvalue weighted by Gasteiger charge is -1.85. The molecule has 2 aliphatic rings. The minimum absolute atomic E-state index is 0.939. The van der Waals surface area contributed by atoms with E-state index in [1.165, 1.54) is 0 Å². The second kappa shape index (κ2) is 6.58. The lowest BCUT2D eigenvalue weighted by molar-refractivity contribution is 1.31. The molecule has 0 aromatic carbocycles. The highest BCUT2D eigenvalue weighted by atomic mass is 14.8. The van der Waals surface area contributed by atoms with E-state index in [1.807, 2.05) is 48.6 Å². The minimum Gasteiger partial charge on any atom is -0.355 e. The molecule has 3 aromatic heterocycles. The van der Waals surface area contributed by atoms with Crippen LogP contribution in [0.1, 0.15) is 22.8 Å². The summed E-state index contributed by atoms with van der Waals surface area (Å²) in [7, 11) is 0. The van der Waals surface area contributed by atoms with Crippen molar-refractivity contribution in [3.8, 4) is 12.8 Å². The van der Waals surface area contributed by atoms with E-state index in [2.05, 4.69) is 57.0 Å². The fourth-order valence-corrected chi connectivity index (χ4v) is 2.94. The molecule has 0 aliphatic carbocycles. The predicted molar refractivity (Wildman–Crippen MR) is 109 cm³/mol. The summed E-state index contributed by atoms with van der Waals surface area (Å²) in [5.74, 6) is 0. The van der Waals surface area contributed by atoms with E-state index in [9.17, 15) is 0 Å². The number of rotatable bonds is 0. The summed E-state index contributed by atoms with van der Waals surface area (Å²) in [6.07, 6.45) is 16.1. The predicted octanol–water partition coefficient (Wildman–Crippen LogP) is 4.91. The molecule has 0 fully saturated rings. The molecule has 3 aromatic rings. The zero-order valence-electron chi connectivity index (χ0n) is 14.0. The molecule has 0 atom stereocenters. The van der Waals surface area contributed by atoms with E-state index >= 15 is 0 Å². The molecular formula is C22H16N4. The van der Waals surface area contributed by atoms with Gasteiger partial charge in [-0.05, 0) is 72.8 Å². The second-order valence-electron chi connectivity index (χ2n) is 5.91. The first kappa shape index (κ1) is 15.7. The Morgan fingerprint density at radius 2 is 0.769 bits per heavy atom. The molecule has 2 aliphatic heterocycles. The molecule has 0 spiro atoms. The highest BCUT2D eigenvalue weighted by molar-refractivity contribution is 5.77. The smallest absolute Gasteiger partial charge is 0.0658 e. The summed E-state index contributed by atoms with van der Waals surface area (Å²) in [6.45, 7) is 0. The maximum atomic E-state index is 4.63. The van der Waals surface area contributed by atoms with E-state index in [1.54, 1.807) is 0 Å². The van der Waals surface area contributed by atoms with Crippen molar-refractivity contribution in [1.82, 2.24) is 19.9 Å². The highest BCUT2D eigenvalue weighted by Gasteiger charge is 2.00. The van der Waals surface area contributed by atoms with E-state index < -0.39 is 0 Å². The van der Waals surface area contributed by atoms with Crippen LogP contribution in [0.2, 0.25) is 0 Å². The number of aromatic nitrogens is 4. The molecule has 0 unspecified atom stereocenters. The van der Waals surface area contributed by atoms with Gasteiger partial charge in [0.1, 0.15) is 0 Å². The number of aromatic amines is 2. The van der Waals surface area contributed by atoms with Crippen molar-refractivity contribution in [2.24, 2.45) is 0 Å². The number of H-pyrrole nitrogens is 2. The molecule has 5 rings (SSSR count). The van der Waals surface area contributed by atoms with Crippen LogP contribution in [-0.2, 0) is 0 Å². The Morgan fingerprint density at radius 1 is 0.500 bits per heavy atom. The van der Waals surface area contributed by atoms with Gasteiger partial charge in [-0.15, -0.1) is 12.8 Å². The van der Waals surface area contributed by atoms with Crippen molar-refractivity contribution in [3.05, 3.63) is 71.3 Å². The van der Waals surface area contributed by atoms with E-state index in [0.29, 0.717) is 0 Å². The Morgan fingerprint density at radius 3 is 1.04 bits per heavy atom. The second-order valence-corrected chi connectivity index (χ2v) is 5.91. The molecule has 8 bridgehead atoms. The molecule has 0 amide bonds. The van der Waals surface area contributed by atoms with E-state index in [0.717, 1.165) is 44.8 Å². The maximum absolute atomic E-state index is 4.63. The van der Waals surface area contributed by atoms with Crippen molar-refractivity contribution in [3.63, 3.8) is 0 Å². The zero-order chi connectivity index (χ0) is 17.9. The van der Waals surface area contributed by atoms with E-state index in [-0.39, 0.29) is 0 Å². The number of fused-ring (bicyclic) bond motifs is 8. The number of hydrogen-bond acceptors (Lipinski definition) is 2. The Labute approximate surface area is 151 Å². The van der Waals surface area contributed by atoms with Gasteiger partial charge in [0, 0.05) is 22.1 Å². The standard InChI is InChI=1S/C20H14N4.C2H2/c1-2-14-10-16-5-6-18(23-16)12-20-8-7-19(24-20)11-17-4-3-15(22-17)9-13(1)21-14;1-2/h1-12,21,24H;1-2H. The molecular weight excluding hydrogens is 320 g/mol. The van der Waals surface area contributed by atoms with Crippen LogP contribution in [0.25, 0.3) is 46.4 Å². The van der Waals surface area contributed by atoms with Gasteiger partial charge in [0.2, 0.25) is 0 Å². The Kier molecular flexibility index (Phi) is 3.97. The Bertz CT molecular complexity index is 1030. The van der Waals surface area contributed by atoms with Crippen molar-refractivity contribution in [1.29, 1.82) is 0 Å². The average molecular weight is 336 g/mol. The van der Waals surface area contributed by atoms with Crippen molar-refractivity contribution < 1.29 is 0 Å². The van der Waals surface area contributed by atoms with Gasteiger partial charge in [-0.25, -0.2) is 9.97 Å². The first-order chi connectivity index (χ1) is 12.8. The van der Waals surface area contributed by atoms with Crippen LogP contribution in [0, 0.1) is 12.8 Å². The third kappa shape index (κ3) is 3.19. The first-order valence-corrected chi connectivity index (χ1v) is 8.18. The lowest BCUT2D eigenvalue weighted by atomic mass is 10.3. The molecule has 5 heterocycles. The summed E-state index contributed by atoms with van der Waals surface area (Å²) in [5, 5.41) is 0. The maximum Gasteiger partial charge on any atom is 0.0658 e. The highest BCUT2D eigenvalue weighted by Crippen LogP contribution is 2.16. The quantitative estimate of drug-likeness (QED) is 0.395. The topological polar surface area (TPSA) is 57.4 Å². The monoisotopic (exact) mass is 336 g/mol. The van der Waals surface area contributed by atoms with Crippen LogP contribution in [0.3, 0.4) is 0 Å². The molecule has 0 radical (unpaired) electrons. The number of nitrogens with zero attached hydrogens (tertiary/aromatic N) is 2. The van der Waals surface area contributed by atoms with Crippen LogP contribution in [0.5, 0.6) is 0 Å². The van der Waals surface area contributed by atoms with Gasteiger partial charge < -0.3 is 9.97 Å². The van der Waals surface area contributed by atoms with Gasteiger partial charge in [-0.2, -0.15) is 0 Å². The minimum atomic E-state index is 0.939. The molecule has 4 heteroatoms. The molecule has 0 saturated carbocycles. The van der Waals surface area contributed by atoms with Crippen molar-refractivity contribution >= 4 is 46.4 Å². The third-order valence-corrected chi connectivity index (χ3v) is 4.04. The van der Waals surface area contributed by atoms with Crippen LogP contribution in [0.4, 0.5) is 0 Å². The normalized spacial score (nSPS) is 11.8. The first-order valence-electron chi connectivity index (χ1n) is 8.18. The van der Waals surface area contributed by atoms with Gasteiger partial charge in [0.25, 0.3) is 0 Å². The van der Waals surface area contributed by atoms with Crippen LogP contribution in [0.15, 0.2) is 48.5 Å². The number of nitrogens with one attached hydrogen (secondary N) is 2. The van der Waals surface area contributed by atoms with E-state index in [4.69, 9.17) is 0 Å². The van der Waals surface area contributed by atoms with Crippen molar-refractivity contribution in [2.45, 2.75) is 0 Å². The summed E-state index contributed by atoms with van der Waals surface area (Å²) in [4.78, 5) is 16.0. The van der Waals surface area contributed by atoms with Gasteiger partial charge >= 0.3 is 0 Å². The largest absolute Gasteiger partial charge is 0.355 e. The SMILES string of the molecule is C#C.C1=Cc2cc3ccc(cc4nc(cc5ccc(cc1n2)[nH]5)C=C4)[nH]3.